The van der Waals surface area contributed by atoms with Gasteiger partial charge in [0.1, 0.15) is 0 Å². The molecule has 3 N–H and O–H groups in total. The van der Waals surface area contributed by atoms with Crippen LogP contribution >= 0.6 is 11.6 Å². The predicted molar refractivity (Wildman–Crippen MR) is 74.2 cm³/mol. The van der Waals surface area contributed by atoms with Crippen molar-refractivity contribution in [3.05, 3.63) is 33.3 Å². The van der Waals surface area contributed by atoms with Crippen LogP contribution in [-0.4, -0.2) is 16.9 Å². The van der Waals surface area contributed by atoms with Gasteiger partial charge in [-0.25, -0.2) is 0 Å². The number of carbonyl (C=O) groups is 1. The van der Waals surface area contributed by atoms with Crippen molar-refractivity contribution < 1.29 is 9.72 Å². The van der Waals surface area contributed by atoms with Crippen LogP contribution in [0.3, 0.4) is 0 Å². The Balaban J connectivity index is 2.72. The predicted octanol–water partition coefficient (Wildman–Crippen LogP) is 2.70. The molecule has 0 radical (unpaired) electrons. The van der Waals surface area contributed by atoms with Crippen molar-refractivity contribution in [3.63, 3.8) is 0 Å². The summed E-state index contributed by atoms with van der Waals surface area (Å²) in [5.41, 5.74) is 5.91. The number of nitro groups is 1. The Kier molecular flexibility index (Phi) is 5.72. The minimum atomic E-state index is -0.605. The van der Waals surface area contributed by atoms with Crippen LogP contribution < -0.4 is 11.1 Å². The van der Waals surface area contributed by atoms with Gasteiger partial charge in [0, 0.05) is 12.1 Å². The summed E-state index contributed by atoms with van der Waals surface area (Å²) < 4.78 is 0. The highest BCUT2D eigenvalue weighted by molar-refractivity contribution is 6.34. The lowest BCUT2D eigenvalue weighted by atomic mass is 10.1. The van der Waals surface area contributed by atoms with Crippen molar-refractivity contribution in [1.29, 1.82) is 0 Å². The van der Waals surface area contributed by atoms with E-state index in [1.807, 2.05) is 6.92 Å². The second kappa shape index (κ2) is 7.06. The molecule has 7 heteroatoms. The third kappa shape index (κ3) is 4.50. The summed E-state index contributed by atoms with van der Waals surface area (Å²) in [5, 5.41) is 13.2. The second-order valence-corrected chi connectivity index (χ2v) is 4.57. The minimum absolute atomic E-state index is 0.116. The summed E-state index contributed by atoms with van der Waals surface area (Å²) in [7, 11) is 0. The van der Waals surface area contributed by atoms with Gasteiger partial charge in [0.15, 0.2) is 0 Å². The SMILES string of the molecule is CCCCC(N)C(=O)Nc1ccc([N+](=O)[O-])cc1Cl. The Morgan fingerprint density at radius 3 is 2.79 bits per heavy atom. The van der Waals surface area contributed by atoms with Crippen LogP contribution in [0.1, 0.15) is 26.2 Å². The molecule has 0 aromatic heterocycles. The third-order valence-corrected chi connectivity index (χ3v) is 2.94. The Morgan fingerprint density at radius 1 is 1.58 bits per heavy atom. The molecule has 0 aliphatic rings. The second-order valence-electron chi connectivity index (χ2n) is 4.16. The molecule has 1 aromatic rings. The number of hydrogen-bond acceptors (Lipinski definition) is 4. The van der Waals surface area contributed by atoms with Crippen LogP contribution in [0.5, 0.6) is 0 Å². The maximum atomic E-state index is 11.8. The van der Waals surface area contributed by atoms with Gasteiger partial charge < -0.3 is 11.1 Å². The molecular formula is C12H16ClN3O3. The van der Waals surface area contributed by atoms with Crippen molar-refractivity contribution in [2.24, 2.45) is 5.73 Å². The molecule has 0 heterocycles. The number of hydrogen-bond donors (Lipinski definition) is 2. The number of benzene rings is 1. The zero-order valence-corrected chi connectivity index (χ0v) is 11.3. The number of rotatable bonds is 6. The fraction of sp³-hybridized carbons (Fsp3) is 0.417. The number of amides is 1. The number of nitrogens with two attached hydrogens (primary N) is 1. The highest BCUT2D eigenvalue weighted by Gasteiger charge is 2.16. The van der Waals surface area contributed by atoms with Crippen molar-refractivity contribution in [1.82, 2.24) is 0 Å². The lowest BCUT2D eigenvalue weighted by Crippen LogP contribution is -2.35. The molecule has 0 saturated carbocycles. The maximum absolute atomic E-state index is 11.8. The lowest BCUT2D eigenvalue weighted by molar-refractivity contribution is -0.384. The number of nitrogens with zero attached hydrogens (tertiary/aromatic N) is 1. The quantitative estimate of drug-likeness (QED) is 0.620. The van der Waals surface area contributed by atoms with Gasteiger partial charge in [-0.1, -0.05) is 31.4 Å². The van der Waals surface area contributed by atoms with E-state index in [9.17, 15) is 14.9 Å². The van der Waals surface area contributed by atoms with Crippen molar-refractivity contribution in [2.45, 2.75) is 32.2 Å². The monoisotopic (exact) mass is 285 g/mol. The van der Waals surface area contributed by atoms with E-state index >= 15 is 0 Å². The van der Waals surface area contributed by atoms with Crippen molar-refractivity contribution in [3.8, 4) is 0 Å². The Bertz CT molecular complexity index is 479. The van der Waals surface area contributed by atoms with Crippen LogP contribution in [0.2, 0.25) is 5.02 Å². The van der Waals surface area contributed by atoms with E-state index < -0.39 is 11.0 Å². The molecule has 1 amide bonds. The first-order chi connectivity index (χ1) is 8.95. The average Bonchev–Trinajstić information content (AvgIpc) is 2.37. The summed E-state index contributed by atoms with van der Waals surface area (Å²) in [5.74, 6) is -0.343. The van der Waals surface area contributed by atoms with E-state index in [1.54, 1.807) is 0 Å². The van der Waals surface area contributed by atoms with Crippen LogP contribution in [0.25, 0.3) is 0 Å². The van der Waals surface area contributed by atoms with Crippen LogP contribution in [0.15, 0.2) is 18.2 Å². The van der Waals surface area contributed by atoms with E-state index in [0.29, 0.717) is 12.1 Å². The summed E-state index contributed by atoms with van der Waals surface area (Å²) in [4.78, 5) is 21.8. The van der Waals surface area contributed by atoms with Crippen LogP contribution in [0.4, 0.5) is 11.4 Å². The Labute approximate surface area is 116 Å². The standard InChI is InChI=1S/C12H16ClN3O3/c1-2-3-4-10(14)12(17)15-11-6-5-8(16(18)19)7-9(11)13/h5-7,10H,2-4,14H2,1H3,(H,15,17). The van der Waals surface area contributed by atoms with Crippen LogP contribution in [0, 0.1) is 10.1 Å². The summed E-state index contributed by atoms with van der Waals surface area (Å²) in [6.07, 6.45) is 2.41. The van der Waals surface area contributed by atoms with E-state index in [-0.39, 0.29) is 16.6 Å². The Morgan fingerprint density at radius 2 is 2.26 bits per heavy atom. The first kappa shape index (κ1) is 15.4. The first-order valence-corrected chi connectivity index (χ1v) is 6.34. The number of halogens is 1. The highest BCUT2D eigenvalue weighted by atomic mass is 35.5. The molecule has 0 aliphatic carbocycles. The van der Waals surface area contributed by atoms with Crippen LogP contribution in [-0.2, 0) is 4.79 Å². The molecule has 19 heavy (non-hydrogen) atoms. The first-order valence-electron chi connectivity index (χ1n) is 5.96. The van der Waals surface area contributed by atoms with Gasteiger partial charge in [0.05, 0.1) is 21.7 Å². The normalized spacial score (nSPS) is 11.9. The maximum Gasteiger partial charge on any atom is 0.271 e. The smallest absolute Gasteiger partial charge is 0.271 e. The molecule has 6 nitrogen and oxygen atoms in total. The summed E-state index contributed by atoms with van der Waals surface area (Å²) in [6.45, 7) is 2.01. The molecule has 1 rings (SSSR count). The van der Waals surface area contributed by atoms with Gasteiger partial charge in [-0.15, -0.1) is 0 Å². The topological polar surface area (TPSA) is 98.3 Å². The average molecular weight is 286 g/mol. The van der Waals surface area contributed by atoms with Gasteiger partial charge >= 0.3 is 0 Å². The Hall–Kier alpha value is -1.66. The number of non-ortho nitro benzene ring substituents is 1. The molecule has 1 atom stereocenters. The lowest BCUT2D eigenvalue weighted by Gasteiger charge is -2.12. The van der Waals surface area contributed by atoms with Gasteiger partial charge in [0.25, 0.3) is 5.69 Å². The highest BCUT2D eigenvalue weighted by Crippen LogP contribution is 2.26. The fourth-order valence-electron chi connectivity index (χ4n) is 1.50. The zero-order chi connectivity index (χ0) is 14.4. The molecule has 104 valence electrons. The summed E-state index contributed by atoms with van der Waals surface area (Å²) in [6, 6.07) is 3.25. The van der Waals surface area contributed by atoms with E-state index in [2.05, 4.69) is 5.32 Å². The molecule has 1 unspecified atom stereocenters. The van der Waals surface area contributed by atoms with Gasteiger partial charge in [-0.05, 0) is 12.5 Å². The molecule has 0 bridgehead atoms. The number of carbonyl (C=O) groups excluding carboxylic acids is 1. The molecule has 0 saturated heterocycles. The van der Waals surface area contributed by atoms with E-state index in [1.165, 1.54) is 18.2 Å². The minimum Gasteiger partial charge on any atom is -0.323 e. The summed E-state index contributed by atoms with van der Waals surface area (Å²) >= 11 is 5.87. The number of nitrogens with one attached hydrogen (secondary N) is 1. The van der Waals surface area contributed by atoms with Crippen molar-refractivity contribution >= 4 is 28.9 Å². The number of anilines is 1. The molecule has 0 spiro atoms. The fourth-order valence-corrected chi connectivity index (χ4v) is 1.72. The van der Waals surface area contributed by atoms with Gasteiger partial charge in [0.2, 0.25) is 5.91 Å². The number of nitro benzene ring substituents is 1. The van der Waals surface area contributed by atoms with Gasteiger partial charge in [-0.2, -0.15) is 0 Å². The molecule has 0 aliphatic heterocycles. The van der Waals surface area contributed by atoms with Gasteiger partial charge in [-0.3, -0.25) is 14.9 Å². The molecular weight excluding hydrogens is 270 g/mol. The zero-order valence-electron chi connectivity index (χ0n) is 10.6. The number of unbranched alkanes of at least 4 members (excludes halogenated alkanes) is 1. The largest absolute Gasteiger partial charge is 0.323 e. The third-order valence-electron chi connectivity index (χ3n) is 2.63. The van der Waals surface area contributed by atoms with E-state index in [0.717, 1.165) is 12.8 Å². The van der Waals surface area contributed by atoms with E-state index in [4.69, 9.17) is 17.3 Å². The molecule has 0 fully saturated rings. The van der Waals surface area contributed by atoms with Crippen molar-refractivity contribution in [2.75, 3.05) is 5.32 Å². The molecule has 1 aromatic carbocycles.